The molecule has 2 heterocycles. The first-order chi connectivity index (χ1) is 11.1. The van der Waals surface area contributed by atoms with E-state index in [1.807, 2.05) is 30.3 Å². The Hall–Kier alpha value is -2.60. The van der Waals surface area contributed by atoms with Gasteiger partial charge in [-0.05, 0) is 23.8 Å². The molecule has 0 saturated carbocycles. The molecule has 3 atom stereocenters. The molecule has 23 heavy (non-hydrogen) atoms. The molecule has 118 valence electrons. The zero-order valence-corrected chi connectivity index (χ0v) is 12.1. The number of rotatable bonds is 1. The molecule has 1 amide bonds. The summed E-state index contributed by atoms with van der Waals surface area (Å²) in [6.07, 6.45) is -1.06. The van der Waals surface area contributed by atoms with Crippen LogP contribution >= 0.6 is 0 Å². The quantitative estimate of drug-likeness (QED) is 0.849. The van der Waals surface area contributed by atoms with Crippen molar-refractivity contribution < 1.29 is 19.0 Å². The van der Waals surface area contributed by atoms with Crippen molar-refractivity contribution in [1.29, 1.82) is 0 Å². The lowest BCUT2D eigenvalue weighted by molar-refractivity contribution is 0.109. The van der Waals surface area contributed by atoms with E-state index in [1.165, 1.54) is 17.1 Å². The van der Waals surface area contributed by atoms with Crippen molar-refractivity contribution >= 4 is 6.09 Å². The number of ether oxygens (including phenoxy) is 1. The highest BCUT2D eigenvalue weighted by atomic mass is 19.1. The molecular weight excluding hydrogens is 299 g/mol. The van der Waals surface area contributed by atoms with Crippen molar-refractivity contribution in [3.63, 3.8) is 0 Å². The number of amides is 1. The van der Waals surface area contributed by atoms with Crippen LogP contribution < -0.4 is 10.2 Å². The lowest BCUT2D eigenvalue weighted by Crippen LogP contribution is -2.38. The molecule has 2 aromatic rings. The second kappa shape index (κ2) is 5.24. The molecular formula is C17H15FN2O3. The number of fused-ring (bicyclic) bond motifs is 3. The number of carboxylic acid groups (broad SMARTS) is 1. The third kappa shape index (κ3) is 2.22. The number of nitrogens with one attached hydrogen (secondary N) is 1. The summed E-state index contributed by atoms with van der Waals surface area (Å²) in [5.41, 5.74) is 4.56. The highest BCUT2D eigenvalue weighted by molar-refractivity contribution is 5.66. The minimum absolute atomic E-state index is 0.122. The fourth-order valence-corrected chi connectivity index (χ4v) is 3.49. The molecule has 4 rings (SSSR count). The second-order valence-corrected chi connectivity index (χ2v) is 5.77. The maximum atomic E-state index is 13.6. The topological polar surface area (TPSA) is 61.8 Å². The van der Waals surface area contributed by atoms with Gasteiger partial charge >= 0.3 is 6.09 Å². The maximum absolute atomic E-state index is 13.6. The Morgan fingerprint density at radius 2 is 2.04 bits per heavy atom. The van der Waals surface area contributed by atoms with Gasteiger partial charge < -0.3 is 9.84 Å². The summed E-state index contributed by atoms with van der Waals surface area (Å²) < 4.78 is 19.4. The van der Waals surface area contributed by atoms with Crippen molar-refractivity contribution in [3.05, 3.63) is 65.5 Å². The van der Waals surface area contributed by atoms with E-state index in [2.05, 4.69) is 5.43 Å². The summed E-state index contributed by atoms with van der Waals surface area (Å²) in [7, 11) is 0. The molecule has 2 aliphatic heterocycles. The van der Waals surface area contributed by atoms with Gasteiger partial charge in [-0.1, -0.05) is 30.3 Å². The third-order valence-electron chi connectivity index (χ3n) is 4.48. The Labute approximate surface area is 132 Å². The smallest absolute Gasteiger partial charge is 0.422 e. The van der Waals surface area contributed by atoms with Crippen LogP contribution in [0.2, 0.25) is 0 Å². The molecule has 0 aliphatic carbocycles. The highest BCUT2D eigenvalue weighted by Crippen LogP contribution is 2.47. The predicted molar refractivity (Wildman–Crippen MR) is 80.3 cm³/mol. The molecule has 2 N–H and O–H groups in total. The number of nitrogens with zero attached hydrogens (tertiary/aromatic N) is 1. The zero-order chi connectivity index (χ0) is 16.0. The van der Waals surface area contributed by atoms with E-state index in [-0.39, 0.29) is 23.8 Å². The highest BCUT2D eigenvalue weighted by Gasteiger charge is 2.48. The fourth-order valence-electron chi connectivity index (χ4n) is 3.49. The van der Waals surface area contributed by atoms with Crippen LogP contribution in [-0.2, 0) is 0 Å². The van der Waals surface area contributed by atoms with Gasteiger partial charge in [0, 0.05) is 11.5 Å². The van der Waals surface area contributed by atoms with E-state index in [4.69, 9.17) is 4.74 Å². The number of benzene rings is 2. The summed E-state index contributed by atoms with van der Waals surface area (Å²) in [5, 5.41) is 10.7. The molecule has 2 aliphatic rings. The minimum atomic E-state index is -1.06. The van der Waals surface area contributed by atoms with E-state index in [0.717, 1.165) is 5.56 Å². The third-order valence-corrected chi connectivity index (χ3v) is 4.48. The van der Waals surface area contributed by atoms with E-state index >= 15 is 0 Å². The monoisotopic (exact) mass is 314 g/mol. The molecule has 5 nitrogen and oxygen atoms in total. The first-order valence-corrected chi connectivity index (χ1v) is 7.40. The Kier molecular flexibility index (Phi) is 3.20. The van der Waals surface area contributed by atoms with Gasteiger partial charge in [0.15, 0.2) is 0 Å². The summed E-state index contributed by atoms with van der Waals surface area (Å²) in [6.45, 7) is 0.375. The largest absolute Gasteiger partial charge is 0.493 e. The number of hydrazine groups is 1. The molecule has 0 bridgehead atoms. The average Bonchev–Trinajstić information content (AvgIpc) is 2.96. The molecule has 1 saturated heterocycles. The Bertz CT molecular complexity index is 753. The number of hydrogen-bond acceptors (Lipinski definition) is 3. The van der Waals surface area contributed by atoms with Gasteiger partial charge in [0.25, 0.3) is 0 Å². The van der Waals surface area contributed by atoms with Crippen LogP contribution in [0.15, 0.2) is 48.5 Å². The van der Waals surface area contributed by atoms with E-state index in [1.54, 1.807) is 6.07 Å². The molecule has 2 aromatic carbocycles. The average molecular weight is 314 g/mol. The van der Waals surface area contributed by atoms with Crippen molar-refractivity contribution in [1.82, 2.24) is 10.4 Å². The van der Waals surface area contributed by atoms with Crippen molar-refractivity contribution in [2.75, 3.05) is 6.61 Å². The normalized spacial score (nSPS) is 25.4. The molecule has 0 spiro atoms. The minimum Gasteiger partial charge on any atom is -0.493 e. The van der Waals surface area contributed by atoms with Crippen molar-refractivity contribution in [2.45, 2.75) is 12.1 Å². The molecule has 6 heteroatoms. The van der Waals surface area contributed by atoms with E-state index in [9.17, 15) is 14.3 Å². The van der Waals surface area contributed by atoms with Crippen LogP contribution in [0.5, 0.6) is 5.75 Å². The van der Waals surface area contributed by atoms with Gasteiger partial charge in [0.2, 0.25) is 0 Å². The lowest BCUT2D eigenvalue weighted by atomic mass is 9.84. The summed E-state index contributed by atoms with van der Waals surface area (Å²) >= 11 is 0. The van der Waals surface area contributed by atoms with Crippen molar-refractivity contribution in [3.8, 4) is 5.75 Å². The summed E-state index contributed by atoms with van der Waals surface area (Å²) in [4.78, 5) is 11.7. The van der Waals surface area contributed by atoms with Gasteiger partial charge in [-0.2, -0.15) is 0 Å². The van der Waals surface area contributed by atoms with Crippen LogP contribution in [-0.4, -0.2) is 22.8 Å². The van der Waals surface area contributed by atoms with Gasteiger partial charge in [0.1, 0.15) is 11.6 Å². The van der Waals surface area contributed by atoms with Gasteiger partial charge in [-0.15, -0.1) is 0 Å². The maximum Gasteiger partial charge on any atom is 0.422 e. The molecule has 0 aromatic heterocycles. The number of halogens is 1. The number of carbonyl (C=O) groups is 1. The molecule has 3 unspecified atom stereocenters. The van der Waals surface area contributed by atoms with Gasteiger partial charge in [-0.25, -0.2) is 19.6 Å². The zero-order valence-electron chi connectivity index (χ0n) is 12.1. The lowest BCUT2D eigenvalue weighted by Gasteiger charge is -2.30. The SMILES string of the molecule is O=C(O)N1NC2c3cc(F)ccc3OCC2C1c1ccccc1. The Morgan fingerprint density at radius 3 is 2.78 bits per heavy atom. The Morgan fingerprint density at radius 1 is 1.26 bits per heavy atom. The van der Waals surface area contributed by atoms with E-state index < -0.39 is 6.09 Å². The Balaban J connectivity index is 1.78. The molecule has 1 fully saturated rings. The summed E-state index contributed by atoms with van der Waals surface area (Å²) in [5.74, 6) is 0.113. The fraction of sp³-hybridized carbons (Fsp3) is 0.235. The molecule has 0 radical (unpaired) electrons. The standard InChI is InChI=1S/C17H15FN2O3/c18-11-6-7-14-12(8-11)15-13(9-23-14)16(20(19-15)17(21)22)10-4-2-1-3-5-10/h1-8,13,15-16,19H,9H2,(H,21,22). The first-order valence-electron chi connectivity index (χ1n) is 7.40. The van der Waals surface area contributed by atoms with Crippen LogP contribution in [0.1, 0.15) is 23.2 Å². The first kappa shape index (κ1) is 14.0. The summed E-state index contributed by atoms with van der Waals surface area (Å²) in [6, 6.07) is 13.1. The van der Waals surface area contributed by atoms with Crippen LogP contribution in [0.4, 0.5) is 9.18 Å². The predicted octanol–water partition coefficient (Wildman–Crippen LogP) is 3.11. The van der Waals surface area contributed by atoms with Gasteiger partial charge in [0.05, 0.1) is 18.7 Å². The van der Waals surface area contributed by atoms with Crippen molar-refractivity contribution in [2.24, 2.45) is 5.92 Å². The van der Waals surface area contributed by atoms with Crippen LogP contribution in [0.3, 0.4) is 0 Å². The van der Waals surface area contributed by atoms with Gasteiger partial charge in [-0.3, -0.25) is 0 Å². The van der Waals surface area contributed by atoms with Crippen LogP contribution in [0.25, 0.3) is 0 Å². The number of hydrogen-bond donors (Lipinski definition) is 2. The van der Waals surface area contributed by atoms with Crippen LogP contribution in [0, 0.1) is 11.7 Å². The van der Waals surface area contributed by atoms with E-state index in [0.29, 0.717) is 17.9 Å². The second-order valence-electron chi connectivity index (χ2n) is 5.77.